The Hall–Kier alpha value is -2.53. The molecule has 3 rings (SSSR count). The van der Waals surface area contributed by atoms with Crippen LogP contribution in [0.1, 0.15) is 13.8 Å². The first-order chi connectivity index (χ1) is 12.1. The lowest BCUT2D eigenvalue weighted by atomic mass is 10.0. The number of hydrogen-bond donors (Lipinski definition) is 0. The number of rotatable bonds is 6. The molecule has 0 aliphatic carbocycles. The first-order valence-electron chi connectivity index (χ1n) is 8.16. The van der Waals surface area contributed by atoms with E-state index in [9.17, 15) is 4.79 Å². The Bertz CT molecular complexity index is 851. The maximum Gasteiger partial charge on any atom is 0.210 e. The number of aromatic nitrogens is 3. The first kappa shape index (κ1) is 17.3. The van der Waals surface area contributed by atoms with Crippen LogP contribution in [0.3, 0.4) is 0 Å². The van der Waals surface area contributed by atoms with Gasteiger partial charge < -0.3 is 0 Å². The van der Waals surface area contributed by atoms with Crippen molar-refractivity contribution in [1.82, 2.24) is 15.2 Å². The average Bonchev–Trinajstić information content (AvgIpc) is 2.67. The van der Waals surface area contributed by atoms with Gasteiger partial charge in [-0.05, 0) is 0 Å². The number of carbonyl (C=O) groups is 1. The molecule has 0 atom stereocenters. The predicted molar refractivity (Wildman–Crippen MR) is 101 cm³/mol. The zero-order valence-corrected chi connectivity index (χ0v) is 15.0. The summed E-state index contributed by atoms with van der Waals surface area (Å²) in [7, 11) is 0. The van der Waals surface area contributed by atoms with Crippen molar-refractivity contribution in [3.8, 4) is 22.5 Å². The van der Waals surface area contributed by atoms with Gasteiger partial charge in [0.1, 0.15) is 17.2 Å². The topological polar surface area (TPSA) is 55.7 Å². The van der Waals surface area contributed by atoms with Gasteiger partial charge in [0.15, 0.2) is 0 Å². The summed E-state index contributed by atoms with van der Waals surface area (Å²) in [6.45, 7) is 3.80. The molecule has 0 spiro atoms. The van der Waals surface area contributed by atoms with E-state index in [0.717, 1.165) is 22.5 Å². The Kier molecular flexibility index (Phi) is 5.56. The molecule has 1 aromatic heterocycles. The van der Waals surface area contributed by atoms with E-state index in [-0.39, 0.29) is 11.7 Å². The molecular formula is C20H19N3OS. The van der Waals surface area contributed by atoms with Gasteiger partial charge in [-0.1, -0.05) is 86.3 Å². The number of carbonyl (C=O) groups excluding carboxylic acids is 1. The second-order valence-corrected chi connectivity index (χ2v) is 6.88. The fraction of sp³-hybridized carbons (Fsp3) is 0.200. The third-order valence-corrected chi connectivity index (χ3v) is 4.61. The van der Waals surface area contributed by atoms with Crippen LogP contribution in [0.15, 0.2) is 65.8 Å². The molecule has 0 saturated carbocycles. The Labute approximate surface area is 151 Å². The lowest BCUT2D eigenvalue weighted by Crippen LogP contribution is -2.10. The molecule has 0 N–H and O–H groups in total. The molecule has 126 valence electrons. The number of nitrogens with zero attached hydrogens (tertiary/aromatic N) is 3. The van der Waals surface area contributed by atoms with Gasteiger partial charge in [0.05, 0.1) is 5.75 Å². The van der Waals surface area contributed by atoms with E-state index >= 15 is 0 Å². The Balaban J connectivity index is 1.98. The standard InChI is InChI=1S/C20H19N3OS/c1-14(2)17(24)13-25-20-21-18(15-9-5-3-6-10-15)19(22-23-20)16-11-7-4-8-12-16/h3-12,14H,13H2,1-2H3. The SMILES string of the molecule is CC(C)C(=O)CSc1nnc(-c2ccccc2)c(-c2ccccc2)n1. The molecule has 0 unspecified atom stereocenters. The minimum Gasteiger partial charge on any atom is -0.298 e. The summed E-state index contributed by atoms with van der Waals surface area (Å²) in [6, 6.07) is 19.8. The molecule has 0 bridgehead atoms. The van der Waals surface area contributed by atoms with Crippen molar-refractivity contribution >= 4 is 17.5 Å². The molecule has 0 amide bonds. The van der Waals surface area contributed by atoms with E-state index < -0.39 is 0 Å². The van der Waals surface area contributed by atoms with Crippen molar-refractivity contribution in [2.24, 2.45) is 5.92 Å². The quantitative estimate of drug-likeness (QED) is 0.612. The normalized spacial score (nSPS) is 10.8. The van der Waals surface area contributed by atoms with Crippen LogP contribution >= 0.6 is 11.8 Å². The van der Waals surface area contributed by atoms with E-state index in [0.29, 0.717) is 10.9 Å². The van der Waals surface area contributed by atoms with Crippen LogP contribution in [0.5, 0.6) is 0 Å². The minimum atomic E-state index is 0.0117. The molecule has 2 aromatic carbocycles. The van der Waals surface area contributed by atoms with Crippen LogP contribution in [0, 0.1) is 5.92 Å². The van der Waals surface area contributed by atoms with Gasteiger partial charge in [-0.2, -0.15) is 0 Å². The number of ketones is 1. The highest BCUT2D eigenvalue weighted by Gasteiger charge is 2.15. The van der Waals surface area contributed by atoms with E-state index in [4.69, 9.17) is 0 Å². The first-order valence-corrected chi connectivity index (χ1v) is 9.15. The molecule has 0 aliphatic heterocycles. The summed E-state index contributed by atoms with van der Waals surface area (Å²) in [5.74, 6) is 0.553. The third-order valence-electron chi connectivity index (χ3n) is 3.75. The van der Waals surface area contributed by atoms with Gasteiger partial charge in [-0.3, -0.25) is 4.79 Å². The van der Waals surface area contributed by atoms with Crippen LogP contribution in [-0.2, 0) is 4.79 Å². The average molecular weight is 349 g/mol. The van der Waals surface area contributed by atoms with Crippen molar-refractivity contribution in [2.75, 3.05) is 5.75 Å². The summed E-state index contributed by atoms with van der Waals surface area (Å²) < 4.78 is 0. The molecule has 0 saturated heterocycles. The van der Waals surface area contributed by atoms with Gasteiger partial charge >= 0.3 is 0 Å². The second-order valence-electron chi connectivity index (χ2n) is 5.93. The van der Waals surface area contributed by atoms with Crippen LogP contribution < -0.4 is 0 Å². The van der Waals surface area contributed by atoms with Crippen molar-refractivity contribution < 1.29 is 4.79 Å². The van der Waals surface area contributed by atoms with Gasteiger partial charge in [0, 0.05) is 17.0 Å². The Morgan fingerprint density at radius 3 is 2.00 bits per heavy atom. The van der Waals surface area contributed by atoms with Gasteiger partial charge in [-0.15, -0.1) is 10.2 Å². The van der Waals surface area contributed by atoms with Crippen LogP contribution in [0.2, 0.25) is 0 Å². The van der Waals surface area contributed by atoms with E-state index in [1.165, 1.54) is 11.8 Å². The molecule has 1 heterocycles. The minimum absolute atomic E-state index is 0.0117. The number of hydrogen-bond acceptors (Lipinski definition) is 5. The summed E-state index contributed by atoms with van der Waals surface area (Å²) in [6.07, 6.45) is 0. The summed E-state index contributed by atoms with van der Waals surface area (Å²) in [5.41, 5.74) is 3.47. The Morgan fingerprint density at radius 1 is 0.880 bits per heavy atom. The predicted octanol–water partition coefficient (Wildman–Crippen LogP) is 4.52. The van der Waals surface area contributed by atoms with Crippen LogP contribution in [0.4, 0.5) is 0 Å². The highest BCUT2D eigenvalue weighted by atomic mass is 32.2. The lowest BCUT2D eigenvalue weighted by Gasteiger charge is -2.09. The molecule has 4 nitrogen and oxygen atoms in total. The molecule has 0 aliphatic rings. The highest BCUT2D eigenvalue weighted by molar-refractivity contribution is 7.99. The molecule has 5 heteroatoms. The van der Waals surface area contributed by atoms with Crippen molar-refractivity contribution in [1.29, 1.82) is 0 Å². The van der Waals surface area contributed by atoms with Gasteiger partial charge in [-0.25, -0.2) is 4.98 Å². The summed E-state index contributed by atoms with van der Waals surface area (Å²) in [4.78, 5) is 16.6. The van der Waals surface area contributed by atoms with E-state index in [1.54, 1.807) is 0 Å². The van der Waals surface area contributed by atoms with Crippen molar-refractivity contribution in [3.63, 3.8) is 0 Å². The highest BCUT2D eigenvalue weighted by Crippen LogP contribution is 2.29. The maximum atomic E-state index is 11.9. The van der Waals surface area contributed by atoms with Gasteiger partial charge in [0.25, 0.3) is 0 Å². The van der Waals surface area contributed by atoms with Gasteiger partial charge in [0.2, 0.25) is 5.16 Å². The molecule has 0 fully saturated rings. The third kappa shape index (κ3) is 4.31. The van der Waals surface area contributed by atoms with E-state index in [1.807, 2.05) is 74.5 Å². The van der Waals surface area contributed by atoms with Crippen molar-refractivity contribution in [2.45, 2.75) is 19.0 Å². The summed E-state index contributed by atoms with van der Waals surface area (Å²) >= 11 is 1.34. The smallest absolute Gasteiger partial charge is 0.210 e. The number of benzene rings is 2. The van der Waals surface area contributed by atoms with Crippen LogP contribution in [0.25, 0.3) is 22.5 Å². The fourth-order valence-electron chi connectivity index (χ4n) is 2.26. The molecule has 0 radical (unpaired) electrons. The largest absolute Gasteiger partial charge is 0.298 e. The fourth-order valence-corrected chi connectivity index (χ4v) is 3.12. The molecule has 25 heavy (non-hydrogen) atoms. The number of Topliss-reactive ketones (excluding diaryl/α,β-unsaturated/α-hetero) is 1. The van der Waals surface area contributed by atoms with Crippen LogP contribution in [-0.4, -0.2) is 26.7 Å². The zero-order valence-electron chi connectivity index (χ0n) is 14.2. The second kappa shape index (κ2) is 8.03. The summed E-state index contributed by atoms with van der Waals surface area (Å²) in [5, 5.41) is 9.15. The van der Waals surface area contributed by atoms with E-state index in [2.05, 4.69) is 15.2 Å². The zero-order chi connectivity index (χ0) is 17.6. The van der Waals surface area contributed by atoms with Crippen molar-refractivity contribution in [3.05, 3.63) is 60.7 Å². The monoisotopic (exact) mass is 349 g/mol. The maximum absolute atomic E-state index is 11.9. The molecular weight excluding hydrogens is 330 g/mol. The Morgan fingerprint density at radius 2 is 1.44 bits per heavy atom. The lowest BCUT2D eigenvalue weighted by molar-refractivity contribution is -0.119. The molecule has 3 aromatic rings. The number of thioether (sulfide) groups is 1.